The van der Waals surface area contributed by atoms with Crippen molar-refractivity contribution in [2.45, 2.75) is 6.85 Å². The lowest BCUT2D eigenvalue weighted by atomic mass is 10.4. The van der Waals surface area contributed by atoms with E-state index in [1.165, 1.54) is 0 Å². The summed E-state index contributed by atoms with van der Waals surface area (Å²) >= 11 is 5.96. The molecule has 0 atom stereocenters. The van der Waals surface area contributed by atoms with E-state index in [1.54, 1.807) is 0 Å². The van der Waals surface area contributed by atoms with Crippen LogP contribution in [0.4, 0.5) is 0 Å². The first kappa shape index (κ1) is 3.01. The molecule has 0 spiro atoms. The maximum absolute atomic E-state index is 7.50. The molecule has 0 bridgehead atoms. The van der Waals surface area contributed by atoms with Gasteiger partial charge in [0.25, 0.3) is 0 Å². The van der Waals surface area contributed by atoms with Gasteiger partial charge in [-0.25, -0.2) is 0 Å². The lowest BCUT2D eigenvalue weighted by Gasteiger charge is -1.94. The van der Waals surface area contributed by atoms with Crippen LogP contribution in [0.1, 0.15) is 12.5 Å². The van der Waals surface area contributed by atoms with Gasteiger partial charge in [0.2, 0.25) is 0 Å². The van der Waals surface area contributed by atoms with Crippen molar-refractivity contribution < 1.29 is 6.85 Å². The Kier molecular flexibility index (Phi) is 0.935. The van der Waals surface area contributed by atoms with Gasteiger partial charge in [-0.15, -0.1) is 0 Å². The van der Waals surface area contributed by atoms with Crippen molar-refractivity contribution in [1.82, 2.24) is 4.98 Å². The first-order chi connectivity index (χ1) is 6.25. The summed E-state index contributed by atoms with van der Waals surface area (Å²) in [5.74, 6) is 0. The summed E-state index contributed by atoms with van der Waals surface area (Å²) in [6.45, 7) is -2.41. The number of aromatic nitrogens is 1. The zero-order chi connectivity index (χ0) is 11.1. The Morgan fingerprint density at radius 1 is 1.78 bits per heavy atom. The van der Waals surface area contributed by atoms with E-state index in [-0.39, 0.29) is 26.9 Å². The van der Waals surface area contributed by atoms with E-state index in [4.69, 9.17) is 6.85 Å². The van der Waals surface area contributed by atoms with Crippen LogP contribution in [0, 0.1) is 6.85 Å². The van der Waals surface area contributed by atoms with Crippen LogP contribution in [0.15, 0.2) is 21.2 Å². The van der Waals surface area contributed by atoms with Gasteiger partial charge in [0.1, 0.15) is 0 Å². The third-order valence-electron chi connectivity index (χ3n) is 0.693. The fourth-order valence-electron chi connectivity index (χ4n) is 0.338. The van der Waals surface area contributed by atoms with Crippen LogP contribution in [-0.4, -0.2) is 4.98 Å². The summed E-state index contributed by atoms with van der Waals surface area (Å²) in [6.07, 6.45) is -0.246. The van der Waals surface area contributed by atoms with Crippen LogP contribution in [0.5, 0.6) is 0 Å². The number of nitrogens with zero attached hydrogens (tertiary/aromatic N) is 1. The van der Waals surface area contributed by atoms with Crippen LogP contribution < -0.4 is 0 Å². The zero-order valence-electron chi connectivity index (χ0n) is 9.20. The van der Waals surface area contributed by atoms with Crippen molar-refractivity contribution in [3.63, 3.8) is 0 Å². The van der Waals surface area contributed by atoms with Crippen molar-refractivity contribution in [2.24, 2.45) is 0 Å². The Bertz CT molecular complexity index is 375. The predicted octanol–water partition coefficient (Wildman–Crippen LogP) is 2.92. The summed E-state index contributed by atoms with van der Waals surface area (Å²) in [6, 6.07) is -0.0730. The quantitative estimate of drug-likeness (QED) is 0.695. The van der Waals surface area contributed by atoms with Crippen LogP contribution >= 0.6 is 31.9 Å². The normalized spacial score (nSPS) is 19.1. The molecule has 0 saturated heterocycles. The smallest absolute Gasteiger partial charge is 0.0852 e. The van der Waals surface area contributed by atoms with E-state index < -0.39 is 6.85 Å². The second-order valence-corrected chi connectivity index (χ2v) is 2.91. The summed E-state index contributed by atoms with van der Waals surface area (Å²) in [5.41, 5.74) is -0.254. The van der Waals surface area contributed by atoms with E-state index in [0.717, 1.165) is 0 Å². The monoisotopic (exact) mass is 254 g/mol. The first-order valence-corrected chi connectivity index (χ1v) is 3.66. The van der Waals surface area contributed by atoms with Gasteiger partial charge < -0.3 is 0 Å². The molecule has 1 heterocycles. The number of rotatable bonds is 0. The van der Waals surface area contributed by atoms with Gasteiger partial charge in [-0.05, 0) is 44.8 Å². The van der Waals surface area contributed by atoms with E-state index in [2.05, 4.69) is 36.8 Å². The number of hydrogen-bond acceptors (Lipinski definition) is 1. The molecule has 1 aromatic rings. The second-order valence-electron chi connectivity index (χ2n) is 1.33. The highest BCUT2D eigenvalue weighted by atomic mass is 79.9. The Balaban J connectivity index is 3.49. The third-order valence-corrected chi connectivity index (χ3v) is 1.64. The van der Waals surface area contributed by atoms with Crippen molar-refractivity contribution in [2.75, 3.05) is 0 Å². The molecule has 0 amide bonds. The molecule has 0 saturated carbocycles. The molecule has 1 nitrogen and oxygen atoms in total. The summed E-state index contributed by atoms with van der Waals surface area (Å²) in [4.78, 5) is 3.59. The van der Waals surface area contributed by atoms with Gasteiger partial charge in [-0.2, -0.15) is 0 Å². The van der Waals surface area contributed by atoms with Crippen molar-refractivity contribution in [1.29, 1.82) is 0 Å². The van der Waals surface area contributed by atoms with Crippen LogP contribution in [0.2, 0.25) is 0 Å². The standard InChI is InChI=1S/C6H5Br2N/c1-4-6(8)2-5(7)3-9-4/h2-3H,1H3/i1D3,2D,3D. The highest BCUT2D eigenvalue weighted by Crippen LogP contribution is 2.17. The molecule has 9 heavy (non-hydrogen) atoms. The van der Waals surface area contributed by atoms with E-state index in [1.807, 2.05) is 0 Å². The number of pyridine rings is 1. The predicted molar refractivity (Wildman–Crippen MR) is 44.4 cm³/mol. The molecular weight excluding hydrogens is 246 g/mol. The lowest BCUT2D eigenvalue weighted by Crippen LogP contribution is -1.80. The van der Waals surface area contributed by atoms with E-state index in [0.29, 0.717) is 0 Å². The molecule has 48 valence electrons. The van der Waals surface area contributed by atoms with Gasteiger partial charge >= 0.3 is 0 Å². The van der Waals surface area contributed by atoms with Crippen molar-refractivity contribution >= 4 is 31.9 Å². The van der Waals surface area contributed by atoms with Crippen LogP contribution in [-0.2, 0) is 0 Å². The summed E-state index contributed by atoms with van der Waals surface area (Å²) < 4.78 is 36.5. The lowest BCUT2D eigenvalue weighted by molar-refractivity contribution is 1.17. The van der Waals surface area contributed by atoms with Gasteiger partial charge in [-0.1, -0.05) is 0 Å². The van der Waals surface area contributed by atoms with Crippen LogP contribution in [0.3, 0.4) is 0 Å². The molecular formula is C6H5Br2N. The molecule has 0 fully saturated rings. The third kappa shape index (κ3) is 1.76. The molecule has 0 aliphatic rings. The topological polar surface area (TPSA) is 12.9 Å². The van der Waals surface area contributed by atoms with Crippen molar-refractivity contribution in [3.8, 4) is 0 Å². The van der Waals surface area contributed by atoms with Crippen molar-refractivity contribution in [3.05, 3.63) is 26.9 Å². The van der Waals surface area contributed by atoms with E-state index >= 15 is 0 Å². The molecule has 0 radical (unpaired) electrons. The molecule has 1 aromatic heterocycles. The minimum atomic E-state index is -2.41. The Morgan fingerprint density at radius 2 is 2.56 bits per heavy atom. The van der Waals surface area contributed by atoms with Crippen LogP contribution in [0.25, 0.3) is 0 Å². The second kappa shape index (κ2) is 2.80. The molecule has 0 aliphatic carbocycles. The van der Waals surface area contributed by atoms with Gasteiger partial charge in [0, 0.05) is 19.2 Å². The highest BCUT2D eigenvalue weighted by molar-refractivity contribution is 9.11. The maximum Gasteiger partial charge on any atom is 0.0852 e. The van der Waals surface area contributed by atoms with E-state index in [9.17, 15) is 0 Å². The largest absolute Gasteiger partial charge is 0.259 e. The molecule has 1 rings (SSSR count). The summed E-state index contributed by atoms with van der Waals surface area (Å²) in [5, 5.41) is 0. The van der Waals surface area contributed by atoms with Gasteiger partial charge in [0.05, 0.1) is 8.44 Å². The molecule has 0 unspecified atom stereocenters. The number of hydrogen-bond donors (Lipinski definition) is 0. The first-order valence-electron chi connectivity index (χ1n) is 4.58. The Hall–Kier alpha value is 0.110. The fraction of sp³-hybridized carbons (Fsp3) is 0.167. The Morgan fingerprint density at radius 3 is 3.22 bits per heavy atom. The maximum atomic E-state index is 7.50. The average molecular weight is 256 g/mol. The highest BCUT2D eigenvalue weighted by Gasteiger charge is 1.93. The fourth-order valence-corrected chi connectivity index (χ4v) is 1.18. The molecule has 0 N–H and O–H groups in total. The Labute approximate surface area is 77.8 Å². The molecule has 3 heteroatoms. The SMILES string of the molecule is [2H]c1nc(C([2H])([2H])[2H])c(Br)c([2H])c1Br. The number of halogens is 2. The van der Waals surface area contributed by atoms with Gasteiger partial charge in [-0.3, -0.25) is 4.98 Å². The minimum Gasteiger partial charge on any atom is -0.259 e. The average Bonchev–Trinajstić information content (AvgIpc) is 2.06. The zero-order valence-corrected chi connectivity index (χ0v) is 7.38. The summed E-state index contributed by atoms with van der Waals surface area (Å²) in [7, 11) is 0. The number of aryl methyl sites for hydroxylation is 1. The molecule has 0 aliphatic heterocycles. The van der Waals surface area contributed by atoms with Gasteiger partial charge in [0.15, 0.2) is 0 Å². The molecule has 0 aromatic carbocycles. The minimum absolute atomic E-state index is 0.0730.